The topological polar surface area (TPSA) is 67.5 Å². The zero-order chi connectivity index (χ0) is 14.9. The van der Waals surface area contributed by atoms with Gasteiger partial charge in [0.15, 0.2) is 5.17 Å². The van der Waals surface area contributed by atoms with Gasteiger partial charge in [0.25, 0.3) is 0 Å². The zero-order valence-corrected chi connectivity index (χ0v) is 13.1. The lowest BCUT2D eigenvalue weighted by atomic mass is 9.78. The van der Waals surface area contributed by atoms with Crippen molar-refractivity contribution in [2.75, 3.05) is 11.1 Å². The van der Waals surface area contributed by atoms with Gasteiger partial charge < -0.3 is 11.1 Å². The first-order valence-corrected chi connectivity index (χ1v) is 8.44. The van der Waals surface area contributed by atoms with Crippen molar-refractivity contribution in [3.05, 3.63) is 29.8 Å². The quantitative estimate of drug-likeness (QED) is 0.881. The van der Waals surface area contributed by atoms with Crippen LogP contribution in [0.1, 0.15) is 43.0 Å². The Morgan fingerprint density at radius 3 is 2.86 bits per heavy atom. The zero-order valence-electron chi connectivity index (χ0n) is 12.3. The van der Waals surface area contributed by atoms with E-state index in [4.69, 9.17) is 10.7 Å². The number of carbonyl (C=O) groups is 1. The Morgan fingerprint density at radius 2 is 2.19 bits per heavy atom. The summed E-state index contributed by atoms with van der Waals surface area (Å²) in [7, 11) is 0. The molecular weight excluding hydrogens is 282 g/mol. The maximum atomic E-state index is 11.1. The van der Waals surface area contributed by atoms with Crippen LogP contribution >= 0.6 is 11.8 Å². The third-order valence-corrected chi connectivity index (χ3v) is 5.45. The lowest BCUT2D eigenvalue weighted by molar-refractivity contribution is 0.100. The molecule has 1 fully saturated rings. The van der Waals surface area contributed by atoms with E-state index < -0.39 is 5.91 Å². The minimum absolute atomic E-state index is 0.151. The molecule has 0 radical (unpaired) electrons. The highest BCUT2D eigenvalue weighted by Gasteiger charge is 2.39. The van der Waals surface area contributed by atoms with Gasteiger partial charge in [-0.15, -0.1) is 0 Å². The van der Waals surface area contributed by atoms with Gasteiger partial charge in [-0.25, -0.2) is 0 Å². The largest absolute Gasteiger partial charge is 0.366 e. The maximum absolute atomic E-state index is 11.1. The molecule has 0 bridgehead atoms. The number of benzene rings is 1. The standard InChI is InChI=1S/C16H21N3OS/c1-11-3-2-8-16(9-11)10-21-15(19-16)18-13-6-4-12(5-7-13)14(17)20/h4-7,11H,2-3,8-10H2,1H3,(H2,17,20)(H,18,19). The normalized spacial score (nSPS) is 28.4. The number of carbonyl (C=O) groups excluding carboxylic acids is 1. The molecule has 1 aliphatic heterocycles. The van der Waals surface area contributed by atoms with Gasteiger partial charge in [0.2, 0.25) is 5.91 Å². The Bertz CT molecular complexity index is 569. The summed E-state index contributed by atoms with van der Waals surface area (Å²) < 4.78 is 0. The first kappa shape index (κ1) is 14.4. The third kappa shape index (κ3) is 3.23. The van der Waals surface area contributed by atoms with Gasteiger partial charge in [-0.05, 0) is 43.0 Å². The van der Waals surface area contributed by atoms with Crippen molar-refractivity contribution in [1.29, 1.82) is 0 Å². The van der Waals surface area contributed by atoms with Crippen LogP contribution in [-0.2, 0) is 0 Å². The molecule has 1 amide bonds. The molecule has 2 atom stereocenters. The minimum Gasteiger partial charge on any atom is -0.366 e. The first-order chi connectivity index (χ1) is 10.1. The van der Waals surface area contributed by atoms with E-state index in [0.29, 0.717) is 5.56 Å². The van der Waals surface area contributed by atoms with Gasteiger partial charge in [-0.3, -0.25) is 9.79 Å². The second kappa shape index (κ2) is 5.72. The van der Waals surface area contributed by atoms with Crippen LogP contribution in [0.3, 0.4) is 0 Å². The Hall–Kier alpha value is -1.49. The Labute approximate surface area is 129 Å². The number of nitrogens with two attached hydrogens (primary N) is 1. The number of nitrogens with zero attached hydrogens (tertiary/aromatic N) is 1. The number of amidine groups is 1. The highest BCUT2D eigenvalue weighted by atomic mass is 32.2. The fraction of sp³-hybridized carbons (Fsp3) is 0.500. The summed E-state index contributed by atoms with van der Waals surface area (Å²) in [6.07, 6.45) is 5.02. The molecule has 5 heteroatoms. The van der Waals surface area contributed by atoms with Gasteiger partial charge in [-0.1, -0.05) is 31.5 Å². The van der Waals surface area contributed by atoms with Crippen molar-refractivity contribution in [2.24, 2.45) is 16.6 Å². The third-order valence-electron chi connectivity index (χ3n) is 4.30. The van der Waals surface area contributed by atoms with Crippen LogP contribution in [-0.4, -0.2) is 22.4 Å². The van der Waals surface area contributed by atoms with E-state index in [1.54, 1.807) is 23.9 Å². The molecule has 0 aromatic heterocycles. The minimum atomic E-state index is -0.399. The molecule has 2 unspecified atom stereocenters. The van der Waals surface area contributed by atoms with E-state index >= 15 is 0 Å². The molecule has 1 spiro atoms. The fourth-order valence-corrected chi connectivity index (χ4v) is 4.43. The van der Waals surface area contributed by atoms with Crippen molar-refractivity contribution >= 4 is 28.5 Å². The average Bonchev–Trinajstić information content (AvgIpc) is 2.81. The molecule has 112 valence electrons. The summed E-state index contributed by atoms with van der Waals surface area (Å²) in [5, 5.41) is 4.35. The predicted octanol–water partition coefficient (Wildman–Crippen LogP) is 3.25. The van der Waals surface area contributed by atoms with Gasteiger partial charge in [0.1, 0.15) is 0 Å². The number of hydrogen-bond donors (Lipinski definition) is 2. The van der Waals surface area contributed by atoms with Gasteiger partial charge in [0.05, 0.1) is 5.54 Å². The second-order valence-electron chi connectivity index (χ2n) is 6.20. The molecule has 1 saturated carbocycles. The molecule has 1 heterocycles. The van der Waals surface area contributed by atoms with Crippen LogP contribution in [0.15, 0.2) is 29.3 Å². The number of nitrogens with one attached hydrogen (secondary N) is 1. The summed E-state index contributed by atoms with van der Waals surface area (Å²) in [4.78, 5) is 16.0. The van der Waals surface area contributed by atoms with E-state index in [9.17, 15) is 4.79 Å². The van der Waals surface area contributed by atoms with Crippen LogP contribution in [0.5, 0.6) is 0 Å². The summed E-state index contributed by atoms with van der Waals surface area (Å²) in [6.45, 7) is 2.33. The summed E-state index contributed by atoms with van der Waals surface area (Å²) in [5.41, 5.74) is 6.88. The molecule has 21 heavy (non-hydrogen) atoms. The average molecular weight is 303 g/mol. The smallest absolute Gasteiger partial charge is 0.248 e. The molecule has 2 aliphatic rings. The molecule has 1 aromatic carbocycles. The molecule has 4 nitrogen and oxygen atoms in total. The van der Waals surface area contributed by atoms with Crippen LogP contribution in [0.25, 0.3) is 0 Å². The molecule has 0 saturated heterocycles. The summed E-state index contributed by atoms with van der Waals surface area (Å²) in [6, 6.07) is 7.22. The van der Waals surface area contributed by atoms with Crippen LogP contribution in [0.4, 0.5) is 5.69 Å². The SMILES string of the molecule is CC1CCCC2(CSC(Nc3ccc(C(N)=O)cc3)=N2)C1. The van der Waals surface area contributed by atoms with Gasteiger partial charge in [-0.2, -0.15) is 0 Å². The Morgan fingerprint density at radius 1 is 1.43 bits per heavy atom. The lowest BCUT2D eigenvalue weighted by Gasteiger charge is -2.33. The molecular formula is C16H21N3OS. The van der Waals surface area contributed by atoms with Gasteiger partial charge >= 0.3 is 0 Å². The predicted molar refractivity (Wildman–Crippen MR) is 88.8 cm³/mol. The number of primary amides is 1. The number of amides is 1. The van der Waals surface area contributed by atoms with E-state index in [2.05, 4.69) is 12.2 Å². The number of hydrogen-bond acceptors (Lipinski definition) is 4. The highest BCUT2D eigenvalue weighted by molar-refractivity contribution is 8.14. The Balaban J connectivity index is 1.69. The highest BCUT2D eigenvalue weighted by Crippen LogP contribution is 2.42. The van der Waals surface area contributed by atoms with E-state index in [0.717, 1.165) is 22.5 Å². The molecule has 3 rings (SSSR count). The van der Waals surface area contributed by atoms with Crippen molar-refractivity contribution < 1.29 is 4.79 Å². The van der Waals surface area contributed by atoms with Gasteiger partial charge in [0, 0.05) is 17.0 Å². The van der Waals surface area contributed by atoms with Crippen molar-refractivity contribution in [3.8, 4) is 0 Å². The summed E-state index contributed by atoms with van der Waals surface area (Å²) in [5.74, 6) is 1.46. The number of aliphatic imine (C=N–C) groups is 1. The summed E-state index contributed by atoms with van der Waals surface area (Å²) >= 11 is 1.80. The van der Waals surface area contributed by atoms with Crippen molar-refractivity contribution in [3.63, 3.8) is 0 Å². The number of rotatable bonds is 2. The van der Waals surface area contributed by atoms with Crippen molar-refractivity contribution in [2.45, 2.75) is 38.1 Å². The lowest BCUT2D eigenvalue weighted by Crippen LogP contribution is -2.33. The van der Waals surface area contributed by atoms with Crippen LogP contribution < -0.4 is 11.1 Å². The number of anilines is 1. The molecule has 1 aromatic rings. The first-order valence-electron chi connectivity index (χ1n) is 7.46. The van der Waals surface area contributed by atoms with Crippen LogP contribution in [0, 0.1) is 5.92 Å². The van der Waals surface area contributed by atoms with Crippen LogP contribution in [0.2, 0.25) is 0 Å². The van der Waals surface area contributed by atoms with E-state index in [1.807, 2.05) is 12.1 Å². The van der Waals surface area contributed by atoms with Crippen molar-refractivity contribution in [1.82, 2.24) is 0 Å². The maximum Gasteiger partial charge on any atom is 0.248 e. The second-order valence-corrected chi connectivity index (χ2v) is 7.16. The Kier molecular flexibility index (Phi) is 3.93. The monoisotopic (exact) mass is 303 g/mol. The van der Waals surface area contributed by atoms with E-state index in [-0.39, 0.29) is 5.54 Å². The molecule has 3 N–H and O–H groups in total. The number of thioether (sulfide) groups is 1. The molecule has 1 aliphatic carbocycles. The fourth-order valence-electron chi connectivity index (χ4n) is 3.25. The van der Waals surface area contributed by atoms with E-state index in [1.165, 1.54) is 25.7 Å².